The molecule has 1 aliphatic carbocycles. The molecule has 2 fully saturated rings. The predicted octanol–water partition coefficient (Wildman–Crippen LogP) is 7.14. The highest BCUT2D eigenvalue weighted by atomic mass is 29.7. The lowest BCUT2D eigenvalue weighted by Gasteiger charge is -2.75. The Kier molecular flexibility index (Phi) is 5.96. The molecule has 1 heterocycles. The van der Waals surface area contributed by atoms with Crippen molar-refractivity contribution < 1.29 is 8.85 Å². The number of hydrogen-bond donors (Lipinski definition) is 0. The van der Waals surface area contributed by atoms with Crippen molar-refractivity contribution >= 4 is 30.9 Å². The largest absolute Gasteiger partial charge is 0.414 e. The SMILES string of the molecule is CC(C)(C)C1(O[Si](C)(C)C)C(C2CC2c2ccccc2)O[Si]1([Si](C)(C)C)[Si](C)(C)C. The maximum atomic E-state index is 7.54. The van der Waals surface area contributed by atoms with E-state index in [9.17, 15) is 0 Å². The molecule has 0 N–H and O–H groups in total. The summed E-state index contributed by atoms with van der Waals surface area (Å²) < 4.78 is 15.0. The van der Waals surface area contributed by atoms with Crippen LogP contribution < -0.4 is 0 Å². The van der Waals surface area contributed by atoms with E-state index in [4.69, 9.17) is 8.85 Å². The van der Waals surface area contributed by atoms with E-state index in [-0.39, 0.29) is 16.7 Å². The van der Waals surface area contributed by atoms with Gasteiger partial charge in [-0.2, -0.15) is 0 Å². The molecular formula is C24H46O2Si4. The van der Waals surface area contributed by atoms with Crippen LogP contribution in [0.1, 0.15) is 38.7 Å². The first kappa shape index (κ1) is 24.6. The normalized spacial score (nSPS) is 31.9. The van der Waals surface area contributed by atoms with Gasteiger partial charge in [-0.05, 0) is 48.9 Å². The zero-order chi connectivity index (χ0) is 23.0. The second-order valence-electron chi connectivity index (χ2n) is 13.8. The van der Waals surface area contributed by atoms with Crippen molar-refractivity contribution in [3.05, 3.63) is 35.9 Å². The zero-order valence-corrected chi connectivity index (χ0v) is 25.6. The van der Waals surface area contributed by atoms with Gasteiger partial charge in [-0.3, -0.25) is 0 Å². The van der Waals surface area contributed by atoms with Gasteiger partial charge in [0.2, 0.25) is 7.35 Å². The summed E-state index contributed by atoms with van der Waals surface area (Å²) in [5, 5.41) is -0.0619. The minimum absolute atomic E-state index is 0.0619. The predicted molar refractivity (Wildman–Crippen MR) is 141 cm³/mol. The van der Waals surface area contributed by atoms with Crippen molar-refractivity contribution in [2.24, 2.45) is 11.3 Å². The molecule has 6 heteroatoms. The van der Waals surface area contributed by atoms with Gasteiger partial charge in [0.05, 0.1) is 26.5 Å². The number of hydrogen-bond acceptors (Lipinski definition) is 2. The molecule has 0 radical (unpaired) electrons. The van der Waals surface area contributed by atoms with Gasteiger partial charge in [-0.15, -0.1) is 0 Å². The van der Waals surface area contributed by atoms with Crippen LogP contribution in [0.5, 0.6) is 0 Å². The highest BCUT2D eigenvalue weighted by Gasteiger charge is 2.84. The smallest absolute Gasteiger partial charge is 0.202 e. The highest BCUT2D eigenvalue weighted by Crippen LogP contribution is 2.67. The van der Waals surface area contributed by atoms with Crippen LogP contribution in [0.2, 0.25) is 58.9 Å². The summed E-state index contributed by atoms with van der Waals surface area (Å²) in [6, 6.07) is 11.1. The fraction of sp³-hybridized carbons (Fsp3) is 0.750. The van der Waals surface area contributed by atoms with Crippen LogP contribution >= 0.6 is 0 Å². The van der Waals surface area contributed by atoms with Crippen molar-refractivity contribution in [3.63, 3.8) is 0 Å². The van der Waals surface area contributed by atoms with Crippen LogP contribution in [0.15, 0.2) is 30.3 Å². The minimum atomic E-state index is -2.10. The summed E-state index contributed by atoms with van der Waals surface area (Å²) in [4.78, 5) is 0. The molecule has 0 amide bonds. The lowest BCUT2D eigenvalue weighted by Crippen LogP contribution is -2.98. The topological polar surface area (TPSA) is 18.5 Å². The summed E-state index contributed by atoms with van der Waals surface area (Å²) in [6.07, 6.45) is 1.52. The first-order valence-electron chi connectivity index (χ1n) is 11.8. The monoisotopic (exact) mass is 478 g/mol. The summed E-state index contributed by atoms with van der Waals surface area (Å²) >= 11 is 0. The molecule has 1 aromatic rings. The highest BCUT2D eigenvalue weighted by molar-refractivity contribution is 7.68. The second-order valence-corrected chi connectivity index (χ2v) is 44.3. The molecule has 1 aromatic carbocycles. The Morgan fingerprint density at radius 1 is 0.900 bits per heavy atom. The Bertz CT molecular complexity index is 754. The van der Waals surface area contributed by atoms with Gasteiger partial charge in [0.25, 0.3) is 0 Å². The molecule has 2 aliphatic rings. The van der Waals surface area contributed by atoms with Crippen LogP contribution in [-0.4, -0.2) is 42.2 Å². The Hall–Kier alpha value is 0.00753. The second kappa shape index (κ2) is 7.25. The van der Waals surface area contributed by atoms with Gasteiger partial charge in [0, 0.05) is 0 Å². The standard InChI is InChI=1S/C24H46O2Si4/c1-23(2,3)24(26-27(4,5)6)22(21-18-20(21)19-16-14-13-15-17-19)25-30(24,28(7,8)9)29(10,11)12/h13-17,20-22H,18H2,1-12H3. The van der Waals surface area contributed by atoms with E-state index in [1.165, 1.54) is 12.0 Å². The summed E-state index contributed by atoms with van der Waals surface area (Å²) in [6.45, 7) is 30.1. The quantitative estimate of drug-likeness (QED) is 0.404. The van der Waals surface area contributed by atoms with Gasteiger partial charge in [-0.1, -0.05) is 90.4 Å². The van der Waals surface area contributed by atoms with Gasteiger partial charge < -0.3 is 8.85 Å². The van der Waals surface area contributed by atoms with Gasteiger partial charge in [0.1, 0.15) is 0 Å². The van der Waals surface area contributed by atoms with Crippen LogP contribution in [0.25, 0.3) is 0 Å². The Morgan fingerprint density at radius 3 is 1.80 bits per heavy atom. The maximum absolute atomic E-state index is 7.54. The van der Waals surface area contributed by atoms with Gasteiger partial charge >= 0.3 is 0 Å². The Balaban J connectivity index is 2.16. The zero-order valence-electron chi connectivity index (χ0n) is 21.6. The van der Waals surface area contributed by atoms with Crippen molar-refractivity contribution in [3.8, 4) is 0 Å². The van der Waals surface area contributed by atoms with Crippen molar-refractivity contribution in [2.45, 2.75) is 103 Å². The fourth-order valence-corrected chi connectivity index (χ4v) is 57.9. The molecule has 1 aliphatic heterocycles. The Labute approximate surface area is 190 Å². The molecule has 1 saturated carbocycles. The molecule has 0 aromatic heterocycles. The van der Waals surface area contributed by atoms with Crippen LogP contribution in [-0.2, 0) is 8.85 Å². The molecule has 170 valence electrons. The summed E-state index contributed by atoms with van der Waals surface area (Å²) in [7, 11) is -7.06. The van der Waals surface area contributed by atoms with E-state index in [0.717, 1.165) is 0 Å². The average Bonchev–Trinajstić information content (AvgIpc) is 3.28. The van der Waals surface area contributed by atoms with Crippen LogP contribution in [0.4, 0.5) is 0 Å². The van der Waals surface area contributed by atoms with Crippen molar-refractivity contribution in [1.82, 2.24) is 0 Å². The molecule has 1 saturated heterocycles. The molecule has 30 heavy (non-hydrogen) atoms. The molecule has 3 rings (SSSR count). The van der Waals surface area contributed by atoms with E-state index in [2.05, 4.69) is 110 Å². The van der Waals surface area contributed by atoms with E-state index < -0.39 is 30.9 Å². The third-order valence-electron chi connectivity index (χ3n) is 7.38. The minimum Gasteiger partial charge on any atom is -0.414 e. The van der Waals surface area contributed by atoms with Crippen LogP contribution in [0.3, 0.4) is 0 Å². The van der Waals surface area contributed by atoms with E-state index in [0.29, 0.717) is 11.8 Å². The van der Waals surface area contributed by atoms with Gasteiger partial charge in [-0.25, -0.2) is 0 Å². The number of benzene rings is 1. The lowest BCUT2D eigenvalue weighted by atomic mass is 9.82. The molecular weight excluding hydrogens is 433 g/mol. The average molecular weight is 479 g/mol. The fourth-order valence-electron chi connectivity index (χ4n) is 6.84. The third kappa shape index (κ3) is 3.63. The molecule has 0 bridgehead atoms. The van der Waals surface area contributed by atoms with Crippen LogP contribution in [0, 0.1) is 11.3 Å². The Morgan fingerprint density at radius 2 is 1.40 bits per heavy atom. The van der Waals surface area contributed by atoms with E-state index >= 15 is 0 Å². The first-order valence-corrected chi connectivity index (χ1v) is 26.1. The number of rotatable bonds is 6. The molecule has 4 unspecified atom stereocenters. The first-order chi connectivity index (χ1) is 13.4. The van der Waals surface area contributed by atoms with E-state index in [1.54, 1.807) is 0 Å². The molecule has 2 nitrogen and oxygen atoms in total. The maximum Gasteiger partial charge on any atom is 0.202 e. The summed E-state index contributed by atoms with van der Waals surface area (Å²) in [5.41, 5.74) is 1.58. The molecule has 4 atom stereocenters. The van der Waals surface area contributed by atoms with Crippen molar-refractivity contribution in [2.75, 3.05) is 0 Å². The molecule has 0 spiro atoms. The summed E-state index contributed by atoms with van der Waals surface area (Å²) in [5.74, 6) is 1.25. The van der Waals surface area contributed by atoms with Crippen molar-refractivity contribution in [1.29, 1.82) is 0 Å². The van der Waals surface area contributed by atoms with E-state index in [1.807, 2.05) is 0 Å². The van der Waals surface area contributed by atoms with Gasteiger partial charge in [0.15, 0.2) is 8.32 Å². The lowest BCUT2D eigenvalue weighted by molar-refractivity contribution is -0.138. The third-order valence-corrected chi connectivity index (χ3v) is 44.6.